The molecular formula is C14H22N4OS. The lowest BCUT2D eigenvalue weighted by molar-refractivity contribution is 0.0751. The molecule has 0 radical (unpaired) electrons. The number of aromatic nitrogens is 1. The number of anilines is 2. The number of carbonyl (C=O) groups excluding carboxylic acids is 1. The number of nitrogens with zero attached hydrogens (tertiary/aromatic N) is 3. The lowest BCUT2D eigenvalue weighted by atomic mass is 9.85. The van der Waals surface area contributed by atoms with Crippen LogP contribution >= 0.6 is 11.3 Å². The van der Waals surface area contributed by atoms with E-state index in [1.54, 1.807) is 0 Å². The fourth-order valence-electron chi connectivity index (χ4n) is 2.84. The molecule has 2 aliphatic rings. The van der Waals surface area contributed by atoms with Gasteiger partial charge in [-0.05, 0) is 31.6 Å². The van der Waals surface area contributed by atoms with Gasteiger partial charge in [0.15, 0.2) is 5.13 Å². The first-order chi connectivity index (χ1) is 9.65. The molecule has 0 spiro atoms. The lowest BCUT2D eigenvalue weighted by Crippen LogP contribution is -2.34. The van der Waals surface area contributed by atoms with Crippen molar-refractivity contribution in [2.24, 2.45) is 5.92 Å². The molecule has 1 amide bonds. The van der Waals surface area contributed by atoms with Gasteiger partial charge in [-0.15, -0.1) is 0 Å². The highest BCUT2D eigenvalue weighted by Gasteiger charge is 2.26. The predicted octanol–water partition coefficient (Wildman–Crippen LogP) is 2.20. The molecule has 1 aromatic rings. The van der Waals surface area contributed by atoms with Gasteiger partial charge in [0.05, 0.1) is 0 Å². The van der Waals surface area contributed by atoms with Gasteiger partial charge in [-0.2, -0.15) is 0 Å². The zero-order valence-electron chi connectivity index (χ0n) is 12.0. The van der Waals surface area contributed by atoms with Crippen LogP contribution in [0.4, 0.5) is 10.9 Å². The summed E-state index contributed by atoms with van der Waals surface area (Å²) in [5.41, 5.74) is 5.95. The lowest BCUT2D eigenvalue weighted by Gasteiger charge is -2.29. The number of nitrogens with two attached hydrogens (primary N) is 1. The van der Waals surface area contributed by atoms with E-state index in [4.69, 9.17) is 5.73 Å². The van der Waals surface area contributed by atoms with E-state index >= 15 is 0 Å². The minimum Gasteiger partial charge on any atom is -0.382 e. The Morgan fingerprint density at radius 1 is 1.40 bits per heavy atom. The molecule has 0 unspecified atom stereocenters. The standard InChI is InChI=1S/C14H22N4OS/c1-17(9-10-5-4-6-10)13(19)11-12(15)16-14(20-11)18-7-2-3-8-18/h10H,2-9,15H2,1H3. The Hall–Kier alpha value is -1.30. The zero-order valence-corrected chi connectivity index (χ0v) is 12.8. The maximum absolute atomic E-state index is 12.5. The van der Waals surface area contributed by atoms with Crippen molar-refractivity contribution in [2.75, 3.05) is 37.3 Å². The third-order valence-electron chi connectivity index (χ3n) is 4.32. The number of thiazole rings is 1. The fourth-order valence-corrected chi connectivity index (χ4v) is 3.87. The van der Waals surface area contributed by atoms with E-state index in [0.29, 0.717) is 16.6 Å². The summed E-state index contributed by atoms with van der Waals surface area (Å²) in [5, 5.41) is 0.903. The monoisotopic (exact) mass is 294 g/mol. The minimum atomic E-state index is 0.0253. The Morgan fingerprint density at radius 3 is 2.70 bits per heavy atom. The summed E-state index contributed by atoms with van der Waals surface area (Å²) in [6.07, 6.45) is 6.19. The van der Waals surface area contributed by atoms with Crippen LogP contribution in [0.2, 0.25) is 0 Å². The second-order valence-corrected chi connectivity index (χ2v) is 6.87. The van der Waals surface area contributed by atoms with Gasteiger partial charge >= 0.3 is 0 Å². The number of hydrogen-bond acceptors (Lipinski definition) is 5. The van der Waals surface area contributed by atoms with Crippen molar-refractivity contribution in [3.8, 4) is 0 Å². The summed E-state index contributed by atoms with van der Waals surface area (Å²) in [6.45, 7) is 2.90. The van der Waals surface area contributed by atoms with Crippen molar-refractivity contribution in [3.63, 3.8) is 0 Å². The SMILES string of the molecule is CN(CC1CCC1)C(=O)c1sc(N2CCCC2)nc1N. The Morgan fingerprint density at radius 2 is 2.10 bits per heavy atom. The van der Waals surface area contributed by atoms with Crippen molar-refractivity contribution >= 4 is 28.2 Å². The van der Waals surface area contributed by atoms with Crippen molar-refractivity contribution in [3.05, 3.63) is 4.88 Å². The van der Waals surface area contributed by atoms with Gasteiger partial charge in [0.1, 0.15) is 10.7 Å². The third-order valence-corrected chi connectivity index (χ3v) is 5.44. The Balaban J connectivity index is 1.69. The summed E-state index contributed by atoms with van der Waals surface area (Å²) >= 11 is 1.44. The van der Waals surface area contributed by atoms with E-state index in [1.165, 1.54) is 43.4 Å². The van der Waals surface area contributed by atoms with Crippen LogP contribution in [-0.4, -0.2) is 42.5 Å². The van der Waals surface area contributed by atoms with Gasteiger partial charge in [0.25, 0.3) is 5.91 Å². The van der Waals surface area contributed by atoms with Crippen LogP contribution in [0.3, 0.4) is 0 Å². The molecule has 2 N–H and O–H groups in total. The van der Waals surface area contributed by atoms with Gasteiger partial charge in [-0.3, -0.25) is 4.79 Å². The predicted molar refractivity (Wildman–Crippen MR) is 82.3 cm³/mol. The molecule has 1 saturated carbocycles. The van der Waals surface area contributed by atoms with Crippen LogP contribution in [0.1, 0.15) is 41.8 Å². The third kappa shape index (κ3) is 2.61. The smallest absolute Gasteiger partial charge is 0.267 e. The Kier molecular flexibility index (Phi) is 3.83. The summed E-state index contributed by atoms with van der Waals surface area (Å²) in [4.78, 5) is 21.5. The van der Waals surface area contributed by atoms with Crippen LogP contribution in [-0.2, 0) is 0 Å². The molecular weight excluding hydrogens is 272 g/mol. The van der Waals surface area contributed by atoms with Crippen LogP contribution in [0.25, 0.3) is 0 Å². The molecule has 1 saturated heterocycles. The highest BCUT2D eigenvalue weighted by molar-refractivity contribution is 7.18. The molecule has 0 atom stereocenters. The maximum Gasteiger partial charge on any atom is 0.267 e. The molecule has 110 valence electrons. The summed E-state index contributed by atoms with van der Waals surface area (Å²) in [5.74, 6) is 1.09. The van der Waals surface area contributed by atoms with Gasteiger partial charge in [0, 0.05) is 26.7 Å². The molecule has 2 fully saturated rings. The van der Waals surface area contributed by atoms with Crippen molar-refractivity contribution in [1.29, 1.82) is 0 Å². The van der Waals surface area contributed by atoms with E-state index in [9.17, 15) is 4.79 Å². The largest absolute Gasteiger partial charge is 0.382 e. The molecule has 20 heavy (non-hydrogen) atoms. The molecule has 5 nitrogen and oxygen atoms in total. The molecule has 1 aromatic heterocycles. The van der Waals surface area contributed by atoms with Crippen molar-refractivity contribution in [1.82, 2.24) is 9.88 Å². The second-order valence-electron chi connectivity index (χ2n) is 5.89. The average Bonchev–Trinajstić information content (AvgIpc) is 3.01. The van der Waals surface area contributed by atoms with Crippen molar-refractivity contribution < 1.29 is 4.79 Å². The van der Waals surface area contributed by atoms with Gasteiger partial charge < -0.3 is 15.5 Å². The molecule has 2 heterocycles. The van der Waals surface area contributed by atoms with E-state index in [1.807, 2.05) is 11.9 Å². The number of amides is 1. The first-order valence-corrected chi connectivity index (χ1v) is 8.23. The molecule has 1 aliphatic carbocycles. The maximum atomic E-state index is 12.5. The Bertz CT molecular complexity index is 491. The average molecular weight is 294 g/mol. The van der Waals surface area contributed by atoms with Crippen molar-refractivity contribution in [2.45, 2.75) is 32.1 Å². The number of rotatable bonds is 4. The van der Waals surface area contributed by atoms with Crippen LogP contribution in [0.15, 0.2) is 0 Å². The normalized spacial score (nSPS) is 19.1. The number of carbonyl (C=O) groups is 1. The highest BCUT2D eigenvalue weighted by Crippen LogP contribution is 2.32. The summed E-state index contributed by atoms with van der Waals surface area (Å²) in [6, 6.07) is 0. The van der Waals surface area contributed by atoms with Gasteiger partial charge in [-0.1, -0.05) is 17.8 Å². The van der Waals surface area contributed by atoms with E-state index < -0.39 is 0 Å². The highest BCUT2D eigenvalue weighted by atomic mass is 32.1. The first-order valence-electron chi connectivity index (χ1n) is 7.42. The quantitative estimate of drug-likeness (QED) is 0.924. The van der Waals surface area contributed by atoms with E-state index in [0.717, 1.165) is 24.8 Å². The number of nitrogen functional groups attached to an aromatic ring is 1. The van der Waals surface area contributed by atoms with Gasteiger partial charge in [-0.25, -0.2) is 4.98 Å². The molecule has 0 aromatic carbocycles. The minimum absolute atomic E-state index is 0.0253. The van der Waals surface area contributed by atoms with E-state index in [2.05, 4.69) is 9.88 Å². The van der Waals surface area contributed by atoms with E-state index in [-0.39, 0.29) is 5.91 Å². The zero-order chi connectivity index (χ0) is 14.1. The molecule has 1 aliphatic heterocycles. The summed E-state index contributed by atoms with van der Waals surface area (Å²) in [7, 11) is 1.87. The molecule has 0 bridgehead atoms. The second kappa shape index (κ2) is 5.60. The molecule has 6 heteroatoms. The van der Waals surface area contributed by atoms with Crippen LogP contribution in [0.5, 0.6) is 0 Å². The number of hydrogen-bond donors (Lipinski definition) is 1. The Labute approximate surface area is 123 Å². The first kappa shape index (κ1) is 13.7. The fraction of sp³-hybridized carbons (Fsp3) is 0.714. The summed E-state index contributed by atoms with van der Waals surface area (Å²) < 4.78 is 0. The molecule has 3 rings (SSSR count). The van der Waals surface area contributed by atoms with Crippen LogP contribution < -0.4 is 10.6 Å². The van der Waals surface area contributed by atoms with Crippen LogP contribution in [0, 0.1) is 5.92 Å². The van der Waals surface area contributed by atoms with Gasteiger partial charge in [0.2, 0.25) is 0 Å². The topological polar surface area (TPSA) is 62.5 Å².